The summed E-state index contributed by atoms with van der Waals surface area (Å²) in [5, 5.41) is 0. The number of carbonyl (C=O) groups is 1. The Balaban J connectivity index is 2.95. The number of nitrogens with zero attached hydrogens (tertiary/aromatic N) is 2. The van der Waals surface area contributed by atoms with Gasteiger partial charge in [0.25, 0.3) is 0 Å². The highest BCUT2D eigenvalue weighted by atomic mass is 16.2. The molecule has 0 bridgehead atoms. The standard InChI is InChI=1S/C9H12N2O/c1-7-4-5-10-9(6-7)11(3)8(2)12/h4-6H,1-3H3. The summed E-state index contributed by atoms with van der Waals surface area (Å²) >= 11 is 0. The summed E-state index contributed by atoms with van der Waals surface area (Å²) < 4.78 is 0. The van der Waals surface area contributed by atoms with E-state index in [4.69, 9.17) is 0 Å². The highest BCUT2D eigenvalue weighted by Crippen LogP contribution is 2.09. The van der Waals surface area contributed by atoms with Crippen LogP contribution in [0.5, 0.6) is 0 Å². The third kappa shape index (κ3) is 1.81. The second-order valence-electron chi connectivity index (χ2n) is 2.77. The van der Waals surface area contributed by atoms with E-state index in [1.54, 1.807) is 13.2 Å². The van der Waals surface area contributed by atoms with E-state index < -0.39 is 0 Å². The van der Waals surface area contributed by atoms with Crippen LogP contribution >= 0.6 is 0 Å². The number of hydrogen-bond donors (Lipinski definition) is 0. The Morgan fingerprint density at radius 1 is 1.58 bits per heavy atom. The fourth-order valence-electron chi connectivity index (χ4n) is 0.865. The summed E-state index contributed by atoms with van der Waals surface area (Å²) in [6, 6.07) is 3.78. The van der Waals surface area contributed by atoms with Gasteiger partial charge in [-0.15, -0.1) is 0 Å². The maximum Gasteiger partial charge on any atom is 0.224 e. The van der Waals surface area contributed by atoms with E-state index in [0.29, 0.717) is 5.82 Å². The monoisotopic (exact) mass is 164 g/mol. The third-order valence-electron chi connectivity index (χ3n) is 1.72. The Morgan fingerprint density at radius 3 is 2.75 bits per heavy atom. The molecule has 0 aliphatic heterocycles. The fourth-order valence-corrected chi connectivity index (χ4v) is 0.865. The lowest BCUT2D eigenvalue weighted by atomic mass is 10.3. The van der Waals surface area contributed by atoms with Gasteiger partial charge in [0.1, 0.15) is 5.82 Å². The Morgan fingerprint density at radius 2 is 2.25 bits per heavy atom. The fraction of sp³-hybridized carbons (Fsp3) is 0.333. The quantitative estimate of drug-likeness (QED) is 0.628. The van der Waals surface area contributed by atoms with Crippen molar-refractivity contribution in [2.75, 3.05) is 11.9 Å². The van der Waals surface area contributed by atoms with Crippen molar-refractivity contribution in [2.45, 2.75) is 13.8 Å². The smallest absolute Gasteiger partial charge is 0.224 e. The van der Waals surface area contributed by atoms with Crippen LogP contribution in [0.3, 0.4) is 0 Å². The van der Waals surface area contributed by atoms with Crippen LogP contribution in [0.2, 0.25) is 0 Å². The minimum atomic E-state index is -0.00639. The molecular weight excluding hydrogens is 152 g/mol. The largest absolute Gasteiger partial charge is 0.300 e. The zero-order chi connectivity index (χ0) is 9.14. The van der Waals surface area contributed by atoms with Gasteiger partial charge in [0.2, 0.25) is 5.91 Å². The van der Waals surface area contributed by atoms with E-state index in [-0.39, 0.29) is 5.91 Å². The molecular formula is C9H12N2O. The summed E-state index contributed by atoms with van der Waals surface area (Å²) in [5.41, 5.74) is 1.10. The summed E-state index contributed by atoms with van der Waals surface area (Å²) in [4.78, 5) is 16.5. The normalized spacial score (nSPS) is 9.58. The molecule has 12 heavy (non-hydrogen) atoms. The van der Waals surface area contributed by atoms with Crippen LogP contribution in [0.4, 0.5) is 5.82 Å². The molecule has 0 N–H and O–H groups in total. The van der Waals surface area contributed by atoms with E-state index in [1.165, 1.54) is 11.8 Å². The number of rotatable bonds is 1. The van der Waals surface area contributed by atoms with Crippen molar-refractivity contribution in [1.82, 2.24) is 4.98 Å². The number of carbonyl (C=O) groups excluding carboxylic acids is 1. The number of aryl methyl sites for hydroxylation is 1. The van der Waals surface area contributed by atoms with Crippen molar-refractivity contribution in [1.29, 1.82) is 0 Å². The summed E-state index contributed by atoms with van der Waals surface area (Å²) in [5.74, 6) is 0.690. The Hall–Kier alpha value is -1.38. The molecule has 3 heteroatoms. The molecule has 0 radical (unpaired) electrons. The van der Waals surface area contributed by atoms with Crippen molar-refractivity contribution < 1.29 is 4.79 Å². The molecule has 0 unspecified atom stereocenters. The van der Waals surface area contributed by atoms with Crippen LogP contribution in [0.1, 0.15) is 12.5 Å². The Bertz CT molecular complexity index is 296. The van der Waals surface area contributed by atoms with Crippen molar-refractivity contribution in [2.24, 2.45) is 0 Å². The van der Waals surface area contributed by atoms with Crippen LogP contribution in [-0.2, 0) is 4.79 Å². The summed E-state index contributed by atoms with van der Waals surface area (Å²) in [6.45, 7) is 3.49. The molecule has 0 atom stereocenters. The van der Waals surface area contributed by atoms with Crippen LogP contribution in [0.15, 0.2) is 18.3 Å². The average molecular weight is 164 g/mol. The maximum atomic E-state index is 10.9. The van der Waals surface area contributed by atoms with E-state index in [1.807, 2.05) is 19.1 Å². The molecule has 0 aliphatic carbocycles. The summed E-state index contributed by atoms with van der Waals surface area (Å²) in [6.07, 6.45) is 1.70. The topological polar surface area (TPSA) is 33.2 Å². The molecule has 1 rings (SSSR count). The first kappa shape index (κ1) is 8.71. The van der Waals surface area contributed by atoms with Gasteiger partial charge in [-0.1, -0.05) is 0 Å². The van der Waals surface area contributed by atoms with Crippen molar-refractivity contribution in [3.8, 4) is 0 Å². The van der Waals surface area contributed by atoms with Crippen molar-refractivity contribution in [3.05, 3.63) is 23.9 Å². The molecule has 0 fully saturated rings. The number of hydrogen-bond acceptors (Lipinski definition) is 2. The van der Waals surface area contributed by atoms with Gasteiger partial charge in [-0.25, -0.2) is 4.98 Å². The average Bonchev–Trinajstić information content (AvgIpc) is 2.03. The first-order valence-electron chi connectivity index (χ1n) is 3.78. The van der Waals surface area contributed by atoms with E-state index in [0.717, 1.165) is 5.56 Å². The molecule has 0 aliphatic rings. The predicted octanol–water partition coefficient (Wildman–Crippen LogP) is 1.37. The minimum absolute atomic E-state index is 0.00639. The van der Waals surface area contributed by atoms with Gasteiger partial charge in [-0.3, -0.25) is 4.79 Å². The second kappa shape index (κ2) is 3.34. The van der Waals surface area contributed by atoms with Crippen molar-refractivity contribution in [3.63, 3.8) is 0 Å². The number of amides is 1. The van der Waals surface area contributed by atoms with Crippen LogP contribution in [-0.4, -0.2) is 17.9 Å². The van der Waals surface area contributed by atoms with Crippen LogP contribution in [0.25, 0.3) is 0 Å². The molecule has 64 valence electrons. The molecule has 0 saturated heterocycles. The van der Waals surface area contributed by atoms with Gasteiger partial charge in [0.05, 0.1) is 0 Å². The summed E-state index contributed by atoms with van der Waals surface area (Å²) in [7, 11) is 1.71. The van der Waals surface area contributed by atoms with Gasteiger partial charge in [0, 0.05) is 20.2 Å². The van der Waals surface area contributed by atoms with E-state index >= 15 is 0 Å². The molecule has 0 spiro atoms. The van der Waals surface area contributed by atoms with Gasteiger partial charge in [0.15, 0.2) is 0 Å². The zero-order valence-electron chi connectivity index (χ0n) is 7.53. The Kier molecular flexibility index (Phi) is 2.43. The van der Waals surface area contributed by atoms with Gasteiger partial charge < -0.3 is 4.90 Å². The van der Waals surface area contributed by atoms with E-state index in [2.05, 4.69) is 4.98 Å². The SMILES string of the molecule is CC(=O)N(C)c1cc(C)ccn1. The number of pyridine rings is 1. The predicted molar refractivity (Wildman–Crippen MR) is 48.1 cm³/mol. The van der Waals surface area contributed by atoms with Crippen molar-refractivity contribution >= 4 is 11.7 Å². The van der Waals surface area contributed by atoms with Gasteiger partial charge in [-0.05, 0) is 24.6 Å². The highest BCUT2D eigenvalue weighted by Gasteiger charge is 2.05. The number of anilines is 1. The maximum absolute atomic E-state index is 10.9. The van der Waals surface area contributed by atoms with Crippen LogP contribution < -0.4 is 4.90 Å². The molecule has 3 nitrogen and oxygen atoms in total. The molecule has 1 heterocycles. The first-order valence-corrected chi connectivity index (χ1v) is 3.78. The number of aromatic nitrogens is 1. The minimum Gasteiger partial charge on any atom is -0.300 e. The highest BCUT2D eigenvalue weighted by molar-refractivity contribution is 5.89. The molecule has 0 saturated carbocycles. The molecule has 1 aromatic rings. The second-order valence-corrected chi connectivity index (χ2v) is 2.77. The molecule has 0 aromatic carbocycles. The lowest BCUT2D eigenvalue weighted by Gasteiger charge is -2.13. The zero-order valence-corrected chi connectivity index (χ0v) is 7.53. The van der Waals surface area contributed by atoms with Gasteiger partial charge >= 0.3 is 0 Å². The molecule has 1 amide bonds. The first-order chi connectivity index (χ1) is 5.61. The third-order valence-corrected chi connectivity index (χ3v) is 1.72. The van der Waals surface area contributed by atoms with Crippen LogP contribution in [0, 0.1) is 6.92 Å². The lowest BCUT2D eigenvalue weighted by molar-refractivity contribution is -0.116. The lowest BCUT2D eigenvalue weighted by Crippen LogP contribution is -2.23. The van der Waals surface area contributed by atoms with Gasteiger partial charge in [-0.2, -0.15) is 0 Å². The Labute approximate surface area is 72.0 Å². The van der Waals surface area contributed by atoms with E-state index in [9.17, 15) is 4.79 Å². The molecule has 1 aromatic heterocycles.